The molecule has 0 radical (unpaired) electrons. The van der Waals surface area contributed by atoms with Gasteiger partial charge in [0.25, 0.3) is 0 Å². The monoisotopic (exact) mass is 426 g/mol. The van der Waals surface area contributed by atoms with Crippen LogP contribution in [-0.4, -0.2) is 22.4 Å². The molecule has 0 saturated heterocycles. The third kappa shape index (κ3) is 3.10. The van der Waals surface area contributed by atoms with Gasteiger partial charge in [0.1, 0.15) is 0 Å². The number of fused-ring (bicyclic) bond motifs is 6. The Labute approximate surface area is 190 Å². The van der Waals surface area contributed by atoms with Gasteiger partial charge in [-0.15, -0.1) is 0 Å². The second-order valence-electron chi connectivity index (χ2n) is 13.0. The van der Waals surface area contributed by atoms with Gasteiger partial charge in [-0.2, -0.15) is 0 Å². The fourth-order valence-electron chi connectivity index (χ4n) is 9.58. The molecule has 4 saturated carbocycles. The van der Waals surface area contributed by atoms with Crippen molar-refractivity contribution in [2.45, 2.75) is 111 Å². The van der Waals surface area contributed by atoms with Crippen molar-refractivity contribution in [1.82, 2.24) is 0 Å². The second kappa shape index (κ2) is 7.45. The highest BCUT2D eigenvalue weighted by Crippen LogP contribution is 2.72. The lowest BCUT2D eigenvalue weighted by atomic mass is 9.44. The van der Waals surface area contributed by atoms with E-state index in [0.717, 1.165) is 25.2 Å². The summed E-state index contributed by atoms with van der Waals surface area (Å²) < 4.78 is 0. The van der Waals surface area contributed by atoms with Crippen LogP contribution in [-0.2, 0) is 0 Å². The largest absolute Gasteiger partial charge is 0.393 e. The van der Waals surface area contributed by atoms with Crippen molar-refractivity contribution in [3.8, 4) is 0 Å². The van der Waals surface area contributed by atoms with E-state index in [9.17, 15) is 10.2 Å². The van der Waals surface area contributed by atoms with Gasteiger partial charge in [-0.25, -0.2) is 0 Å². The zero-order chi connectivity index (χ0) is 22.2. The van der Waals surface area contributed by atoms with E-state index in [1.165, 1.54) is 50.5 Å². The zero-order valence-electron chi connectivity index (χ0n) is 20.7. The highest BCUT2D eigenvalue weighted by atomic mass is 16.3. The number of hydrogen-bond acceptors (Lipinski definition) is 2. The topological polar surface area (TPSA) is 40.5 Å². The zero-order valence-corrected chi connectivity index (χ0v) is 20.7. The molecule has 2 N–H and O–H groups in total. The van der Waals surface area contributed by atoms with Gasteiger partial charge in [0.2, 0.25) is 0 Å². The summed E-state index contributed by atoms with van der Waals surface area (Å²) in [6.45, 7) is 11.8. The molecule has 0 unspecified atom stereocenters. The lowest BCUT2D eigenvalue weighted by Crippen LogP contribution is -2.57. The Morgan fingerprint density at radius 2 is 1.81 bits per heavy atom. The SMILES string of the molecule is CC(C)=CCC[C@@H](C)[C@H]1CC[C@H]2[C@@H]3CC=C4C5(CC5)[C@H](O)CC[C@]4(C)[C@H]3C[C@@H](O)[C@]12C. The maximum atomic E-state index is 11.7. The van der Waals surface area contributed by atoms with Crippen molar-refractivity contribution in [2.75, 3.05) is 0 Å². The normalized spacial score (nSPS) is 48.3. The maximum Gasteiger partial charge on any atom is 0.0634 e. The third-order valence-corrected chi connectivity index (χ3v) is 11.4. The van der Waals surface area contributed by atoms with Crippen LogP contribution >= 0.6 is 0 Å². The molecule has 0 bridgehead atoms. The Hall–Kier alpha value is -0.600. The predicted molar refractivity (Wildman–Crippen MR) is 127 cm³/mol. The molecular formula is C29H46O2. The average Bonchev–Trinajstić information content (AvgIpc) is 3.42. The number of aliphatic hydroxyl groups excluding tert-OH is 2. The number of aliphatic hydroxyl groups is 2. The van der Waals surface area contributed by atoms with E-state index in [1.807, 2.05) is 0 Å². The lowest BCUT2D eigenvalue weighted by molar-refractivity contribution is -0.140. The Balaban J connectivity index is 1.41. The van der Waals surface area contributed by atoms with Crippen molar-refractivity contribution in [1.29, 1.82) is 0 Å². The molecule has 0 aromatic carbocycles. The minimum Gasteiger partial charge on any atom is -0.393 e. The number of allylic oxidation sites excluding steroid dienone is 3. The van der Waals surface area contributed by atoms with Crippen molar-refractivity contribution in [3.63, 3.8) is 0 Å². The molecule has 0 heterocycles. The molecule has 5 rings (SSSR count). The summed E-state index contributed by atoms with van der Waals surface area (Å²) in [5.74, 6) is 3.32. The summed E-state index contributed by atoms with van der Waals surface area (Å²) in [6, 6.07) is 0. The van der Waals surface area contributed by atoms with Crippen LogP contribution in [0.15, 0.2) is 23.3 Å². The second-order valence-corrected chi connectivity index (χ2v) is 13.0. The summed E-state index contributed by atoms with van der Waals surface area (Å²) in [6.07, 6.45) is 16.3. The van der Waals surface area contributed by atoms with Crippen molar-refractivity contribution >= 4 is 0 Å². The van der Waals surface area contributed by atoms with Gasteiger partial charge in [0, 0.05) is 5.41 Å². The summed E-state index contributed by atoms with van der Waals surface area (Å²) in [4.78, 5) is 0. The third-order valence-electron chi connectivity index (χ3n) is 11.4. The first-order valence-electron chi connectivity index (χ1n) is 13.3. The predicted octanol–water partition coefficient (Wildman–Crippen LogP) is 6.67. The van der Waals surface area contributed by atoms with E-state index < -0.39 is 0 Å². The van der Waals surface area contributed by atoms with E-state index in [2.05, 4.69) is 46.8 Å². The summed E-state index contributed by atoms with van der Waals surface area (Å²) in [5, 5.41) is 22.5. The first-order chi connectivity index (χ1) is 14.6. The molecule has 1 spiro atoms. The molecule has 5 aliphatic carbocycles. The molecular weight excluding hydrogens is 380 g/mol. The first kappa shape index (κ1) is 22.2. The average molecular weight is 427 g/mol. The van der Waals surface area contributed by atoms with Crippen LogP contribution in [0, 0.1) is 45.8 Å². The van der Waals surface area contributed by atoms with E-state index in [0.29, 0.717) is 23.7 Å². The van der Waals surface area contributed by atoms with Crippen LogP contribution in [0.25, 0.3) is 0 Å². The van der Waals surface area contributed by atoms with Crippen molar-refractivity contribution in [3.05, 3.63) is 23.3 Å². The van der Waals surface area contributed by atoms with Gasteiger partial charge in [0.05, 0.1) is 12.2 Å². The van der Waals surface area contributed by atoms with E-state index in [-0.39, 0.29) is 28.5 Å². The standard InChI is InChI=1S/C29H46O2/c1-18(2)7-6-8-19(3)21-10-11-22-20-9-12-24-27(4,14-13-25(30)29(24)15-16-29)23(20)17-26(31)28(21,22)5/h7,12,19-23,25-26,30-31H,6,8-11,13-17H2,1-5H3/t19-,20+,21-,22+,23+,25-,26-,27-,28-/m1/s1. The van der Waals surface area contributed by atoms with Crippen LogP contribution in [0.2, 0.25) is 0 Å². The van der Waals surface area contributed by atoms with Gasteiger partial charge in [-0.05, 0) is 118 Å². The van der Waals surface area contributed by atoms with Crippen molar-refractivity contribution < 1.29 is 10.2 Å². The van der Waals surface area contributed by atoms with E-state index in [4.69, 9.17) is 0 Å². The molecule has 5 aliphatic rings. The summed E-state index contributed by atoms with van der Waals surface area (Å²) >= 11 is 0. The summed E-state index contributed by atoms with van der Waals surface area (Å²) in [7, 11) is 0. The first-order valence-corrected chi connectivity index (χ1v) is 13.3. The highest BCUT2D eigenvalue weighted by molar-refractivity contribution is 5.37. The quantitative estimate of drug-likeness (QED) is 0.493. The minimum absolute atomic E-state index is 0.0821. The molecule has 9 atom stereocenters. The van der Waals surface area contributed by atoms with Gasteiger partial charge in [-0.3, -0.25) is 0 Å². The van der Waals surface area contributed by atoms with Crippen LogP contribution < -0.4 is 0 Å². The number of hydrogen-bond donors (Lipinski definition) is 2. The van der Waals surface area contributed by atoms with Crippen LogP contribution in [0.4, 0.5) is 0 Å². The number of rotatable bonds is 4. The fraction of sp³-hybridized carbons (Fsp3) is 0.862. The van der Waals surface area contributed by atoms with Gasteiger partial charge in [0.15, 0.2) is 0 Å². The Bertz CT molecular complexity index is 772. The van der Waals surface area contributed by atoms with Gasteiger partial charge >= 0.3 is 0 Å². The Kier molecular flexibility index (Phi) is 5.34. The van der Waals surface area contributed by atoms with Crippen LogP contribution in [0.5, 0.6) is 0 Å². The Morgan fingerprint density at radius 1 is 1.06 bits per heavy atom. The van der Waals surface area contributed by atoms with E-state index >= 15 is 0 Å². The minimum atomic E-state index is -0.171. The molecule has 4 fully saturated rings. The molecule has 31 heavy (non-hydrogen) atoms. The lowest BCUT2D eigenvalue weighted by Gasteiger charge is -2.61. The molecule has 0 amide bonds. The van der Waals surface area contributed by atoms with E-state index in [1.54, 1.807) is 5.57 Å². The molecule has 2 nitrogen and oxygen atoms in total. The smallest absolute Gasteiger partial charge is 0.0634 e. The molecule has 0 aliphatic heterocycles. The molecule has 0 aromatic heterocycles. The van der Waals surface area contributed by atoms with Crippen LogP contribution in [0.3, 0.4) is 0 Å². The molecule has 174 valence electrons. The van der Waals surface area contributed by atoms with Gasteiger partial charge < -0.3 is 10.2 Å². The van der Waals surface area contributed by atoms with Crippen molar-refractivity contribution in [2.24, 2.45) is 45.8 Å². The van der Waals surface area contributed by atoms with Gasteiger partial charge in [-0.1, -0.05) is 44.1 Å². The fourth-order valence-corrected chi connectivity index (χ4v) is 9.58. The molecule has 0 aromatic rings. The summed E-state index contributed by atoms with van der Waals surface area (Å²) in [5.41, 5.74) is 3.42. The maximum absolute atomic E-state index is 11.7. The molecule has 2 heteroatoms. The van der Waals surface area contributed by atoms with Crippen LogP contribution in [0.1, 0.15) is 98.8 Å². The Morgan fingerprint density at radius 3 is 2.48 bits per heavy atom. The highest BCUT2D eigenvalue weighted by Gasteiger charge is 2.67.